The van der Waals surface area contributed by atoms with Crippen LogP contribution in [0.15, 0.2) is 36.4 Å². The van der Waals surface area contributed by atoms with Crippen LogP contribution in [0.2, 0.25) is 0 Å². The van der Waals surface area contributed by atoms with Gasteiger partial charge in [-0.1, -0.05) is 18.2 Å². The first-order valence-electron chi connectivity index (χ1n) is 9.73. The highest BCUT2D eigenvalue weighted by molar-refractivity contribution is 5.94. The first-order valence-corrected chi connectivity index (χ1v) is 9.73. The molecule has 0 unspecified atom stereocenters. The van der Waals surface area contributed by atoms with Crippen molar-refractivity contribution in [2.45, 2.75) is 26.7 Å². The lowest BCUT2D eigenvalue weighted by atomic mass is 9.99. The van der Waals surface area contributed by atoms with Crippen molar-refractivity contribution in [1.29, 1.82) is 0 Å². The number of nitrogens with zero attached hydrogens (tertiary/aromatic N) is 2. The first-order chi connectivity index (χ1) is 13.1. The van der Waals surface area contributed by atoms with Crippen molar-refractivity contribution in [3.05, 3.63) is 53.3 Å². The summed E-state index contributed by atoms with van der Waals surface area (Å²) in [5.41, 5.74) is 4.83. The predicted octanol–water partition coefficient (Wildman–Crippen LogP) is 2.80. The van der Waals surface area contributed by atoms with Crippen LogP contribution in [0.1, 0.15) is 34.6 Å². The third kappa shape index (κ3) is 5.15. The number of rotatable bonds is 6. The Morgan fingerprint density at radius 2 is 2.00 bits per heavy atom. The van der Waals surface area contributed by atoms with Crippen LogP contribution in [-0.2, 0) is 0 Å². The number of carbonyl (C=O) groups is 1. The van der Waals surface area contributed by atoms with Crippen LogP contribution in [0.4, 0.5) is 0 Å². The summed E-state index contributed by atoms with van der Waals surface area (Å²) in [5, 5.41) is 12.3. The third-order valence-corrected chi connectivity index (χ3v) is 5.26. The molecule has 1 aromatic carbocycles. The Morgan fingerprint density at radius 1 is 1.22 bits per heavy atom. The molecule has 1 fully saturated rings. The summed E-state index contributed by atoms with van der Waals surface area (Å²) in [6.07, 6.45) is 2.22. The highest BCUT2D eigenvalue weighted by Crippen LogP contribution is 2.22. The molecule has 144 valence electrons. The zero-order valence-electron chi connectivity index (χ0n) is 16.2. The van der Waals surface area contributed by atoms with Gasteiger partial charge in [-0.15, -0.1) is 0 Å². The highest BCUT2D eigenvalue weighted by Gasteiger charge is 2.18. The third-order valence-electron chi connectivity index (χ3n) is 5.26. The summed E-state index contributed by atoms with van der Waals surface area (Å²) in [6.45, 7) is 7.67. The van der Waals surface area contributed by atoms with E-state index in [0.717, 1.165) is 55.0 Å². The van der Waals surface area contributed by atoms with E-state index in [1.54, 1.807) is 0 Å². The fourth-order valence-electron chi connectivity index (χ4n) is 3.73. The van der Waals surface area contributed by atoms with E-state index in [2.05, 4.69) is 21.3 Å². The first kappa shape index (κ1) is 19.5. The van der Waals surface area contributed by atoms with Gasteiger partial charge in [0, 0.05) is 48.8 Å². The second kappa shape index (κ2) is 9.11. The SMILES string of the molecule is Cc1ccc(-c2ccc(C(=O)NCCN3CCC[C@H](CO)C3)cc2)c(C)n1. The number of hydrogen-bond acceptors (Lipinski definition) is 4. The van der Waals surface area contributed by atoms with Gasteiger partial charge in [-0.25, -0.2) is 0 Å². The van der Waals surface area contributed by atoms with Crippen LogP contribution in [-0.4, -0.2) is 53.7 Å². The van der Waals surface area contributed by atoms with Crippen LogP contribution < -0.4 is 5.32 Å². The monoisotopic (exact) mass is 367 g/mol. The summed E-state index contributed by atoms with van der Waals surface area (Å²) in [5.74, 6) is 0.331. The van der Waals surface area contributed by atoms with Crippen molar-refractivity contribution in [2.75, 3.05) is 32.8 Å². The fourth-order valence-corrected chi connectivity index (χ4v) is 3.73. The molecular formula is C22H29N3O2. The maximum Gasteiger partial charge on any atom is 0.251 e. The zero-order chi connectivity index (χ0) is 19.2. The van der Waals surface area contributed by atoms with Crippen molar-refractivity contribution in [3.63, 3.8) is 0 Å². The minimum Gasteiger partial charge on any atom is -0.396 e. The number of aromatic nitrogens is 1. The van der Waals surface area contributed by atoms with E-state index in [0.29, 0.717) is 18.0 Å². The second-order valence-corrected chi connectivity index (χ2v) is 7.41. The molecule has 27 heavy (non-hydrogen) atoms. The standard InChI is InChI=1S/C22H29N3O2/c1-16-5-10-21(17(2)24-16)19-6-8-20(9-7-19)22(27)23-11-13-25-12-3-4-18(14-25)15-26/h5-10,18,26H,3-4,11-15H2,1-2H3,(H,23,27)/t18-/m0/s1. The molecule has 0 spiro atoms. The number of likely N-dealkylation sites (tertiary alicyclic amines) is 1. The average Bonchev–Trinajstić information content (AvgIpc) is 2.68. The fraction of sp³-hybridized carbons (Fsp3) is 0.455. The van der Waals surface area contributed by atoms with Gasteiger partial charge in [-0.3, -0.25) is 9.78 Å². The number of piperidine rings is 1. The molecular weight excluding hydrogens is 338 g/mol. The quantitative estimate of drug-likeness (QED) is 0.824. The van der Waals surface area contributed by atoms with Crippen LogP contribution in [0.5, 0.6) is 0 Å². The van der Waals surface area contributed by atoms with Crippen molar-refractivity contribution in [1.82, 2.24) is 15.2 Å². The molecule has 0 aliphatic carbocycles. The Kier molecular flexibility index (Phi) is 6.58. The number of aliphatic hydroxyl groups excluding tert-OH is 1. The lowest BCUT2D eigenvalue weighted by Gasteiger charge is -2.31. The van der Waals surface area contributed by atoms with Crippen LogP contribution in [0.3, 0.4) is 0 Å². The Labute approximate surface area is 161 Å². The smallest absolute Gasteiger partial charge is 0.251 e. The van der Waals surface area contributed by atoms with E-state index in [4.69, 9.17) is 0 Å². The summed E-state index contributed by atoms with van der Waals surface area (Å²) >= 11 is 0. The maximum atomic E-state index is 12.4. The minimum absolute atomic E-state index is 0.0454. The van der Waals surface area contributed by atoms with Gasteiger partial charge in [-0.2, -0.15) is 0 Å². The van der Waals surface area contributed by atoms with E-state index in [1.165, 1.54) is 0 Å². The summed E-state index contributed by atoms with van der Waals surface area (Å²) in [6, 6.07) is 11.8. The number of pyridine rings is 1. The van der Waals surface area contributed by atoms with E-state index in [9.17, 15) is 9.90 Å². The molecule has 0 radical (unpaired) electrons. The molecule has 5 heteroatoms. The van der Waals surface area contributed by atoms with Gasteiger partial charge in [0.1, 0.15) is 0 Å². The molecule has 1 amide bonds. The van der Waals surface area contributed by atoms with E-state index >= 15 is 0 Å². The molecule has 0 bridgehead atoms. The normalized spacial score (nSPS) is 17.7. The van der Waals surface area contributed by atoms with Crippen LogP contribution in [0, 0.1) is 19.8 Å². The van der Waals surface area contributed by atoms with Gasteiger partial charge in [0.25, 0.3) is 5.91 Å². The molecule has 2 N–H and O–H groups in total. The summed E-state index contributed by atoms with van der Waals surface area (Å²) < 4.78 is 0. The molecule has 5 nitrogen and oxygen atoms in total. The number of aryl methyl sites for hydroxylation is 2. The van der Waals surface area contributed by atoms with Gasteiger partial charge in [0.05, 0.1) is 0 Å². The Balaban J connectivity index is 1.53. The van der Waals surface area contributed by atoms with Crippen LogP contribution >= 0.6 is 0 Å². The highest BCUT2D eigenvalue weighted by atomic mass is 16.3. The van der Waals surface area contributed by atoms with Gasteiger partial charge >= 0.3 is 0 Å². The molecule has 2 heterocycles. The lowest BCUT2D eigenvalue weighted by molar-refractivity contribution is 0.0930. The number of aliphatic hydroxyl groups is 1. The van der Waals surface area contributed by atoms with Gasteiger partial charge in [0.2, 0.25) is 0 Å². The topological polar surface area (TPSA) is 65.5 Å². The van der Waals surface area contributed by atoms with Crippen molar-refractivity contribution >= 4 is 5.91 Å². The Bertz CT molecular complexity index is 774. The maximum absolute atomic E-state index is 12.4. The molecule has 1 aliphatic rings. The molecule has 3 rings (SSSR count). The zero-order valence-corrected chi connectivity index (χ0v) is 16.2. The van der Waals surface area contributed by atoms with Crippen molar-refractivity contribution in [2.24, 2.45) is 5.92 Å². The van der Waals surface area contributed by atoms with Gasteiger partial charge in [0.15, 0.2) is 0 Å². The van der Waals surface area contributed by atoms with E-state index < -0.39 is 0 Å². The van der Waals surface area contributed by atoms with Crippen molar-refractivity contribution in [3.8, 4) is 11.1 Å². The number of carbonyl (C=O) groups excluding carboxylic acids is 1. The Hall–Kier alpha value is -2.24. The number of hydrogen-bond donors (Lipinski definition) is 2. The lowest BCUT2D eigenvalue weighted by Crippen LogP contribution is -2.41. The molecule has 1 atom stereocenters. The second-order valence-electron chi connectivity index (χ2n) is 7.41. The van der Waals surface area contributed by atoms with Gasteiger partial charge in [-0.05, 0) is 62.9 Å². The molecule has 1 saturated heterocycles. The largest absolute Gasteiger partial charge is 0.396 e. The molecule has 1 aromatic heterocycles. The number of amides is 1. The van der Waals surface area contributed by atoms with Crippen LogP contribution in [0.25, 0.3) is 11.1 Å². The summed E-state index contributed by atoms with van der Waals surface area (Å²) in [7, 11) is 0. The van der Waals surface area contributed by atoms with Crippen molar-refractivity contribution < 1.29 is 9.90 Å². The van der Waals surface area contributed by atoms with E-state index in [-0.39, 0.29) is 12.5 Å². The molecule has 2 aromatic rings. The van der Waals surface area contributed by atoms with Gasteiger partial charge < -0.3 is 15.3 Å². The molecule has 1 aliphatic heterocycles. The predicted molar refractivity (Wildman–Crippen MR) is 108 cm³/mol. The Morgan fingerprint density at radius 3 is 2.70 bits per heavy atom. The van der Waals surface area contributed by atoms with E-state index in [1.807, 2.05) is 44.2 Å². The number of benzene rings is 1. The minimum atomic E-state index is -0.0454. The average molecular weight is 367 g/mol. The molecule has 0 saturated carbocycles. The summed E-state index contributed by atoms with van der Waals surface area (Å²) in [4.78, 5) is 19.2. The number of nitrogens with one attached hydrogen (secondary N) is 1.